The van der Waals surface area contributed by atoms with Crippen molar-refractivity contribution in [1.29, 1.82) is 0 Å². The first-order valence-corrected chi connectivity index (χ1v) is 9.78. The second-order valence-electron chi connectivity index (χ2n) is 6.07. The number of halogens is 3. The number of methoxy groups -OCH3 is 1. The number of carbonyl (C=O) groups is 1. The molecule has 0 saturated heterocycles. The number of hydrogen-bond acceptors (Lipinski definition) is 2. The molecule has 142 valence electrons. The standard InChI is InChI=1S/C20H19Cl3N2O2/c1-27-18-5-2-4-14-15(12-25(19(14)18)9-3-8-21)20(26)24-11-13-6-7-16(22)17(23)10-13/h2,4-7,10,12H,3,8-9,11H2,1H3,(H,24,26). The van der Waals surface area contributed by atoms with Crippen molar-refractivity contribution in [3.63, 3.8) is 0 Å². The van der Waals surface area contributed by atoms with Gasteiger partial charge in [0.05, 0.1) is 28.2 Å². The zero-order valence-electron chi connectivity index (χ0n) is 14.8. The molecule has 0 unspecified atom stereocenters. The molecule has 3 aromatic rings. The van der Waals surface area contributed by atoms with Crippen molar-refractivity contribution in [3.8, 4) is 5.75 Å². The highest BCUT2D eigenvalue weighted by molar-refractivity contribution is 6.42. The van der Waals surface area contributed by atoms with E-state index in [0.29, 0.717) is 34.6 Å². The summed E-state index contributed by atoms with van der Waals surface area (Å²) in [6, 6.07) is 11.0. The first kappa shape index (κ1) is 19.9. The highest BCUT2D eigenvalue weighted by Crippen LogP contribution is 2.30. The summed E-state index contributed by atoms with van der Waals surface area (Å²) in [5.74, 6) is 1.11. The van der Waals surface area contributed by atoms with Crippen LogP contribution in [0.5, 0.6) is 5.75 Å². The molecule has 0 aliphatic heterocycles. The summed E-state index contributed by atoms with van der Waals surface area (Å²) < 4.78 is 7.50. The Kier molecular flexibility index (Phi) is 6.53. The van der Waals surface area contributed by atoms with Gasteiger partial charge in [-0.15, -0.1) is 11.6 Å². The van der Waals surface area contributed by atoms with Gasteiger partial charge in [-0.25, -0.2) is 0 Å². The molecule has 0 fully saturated rings. The second kappa shape index (κ2) is 8.87. The average molecular weight is 426 g/mol. The maximum Gasteiger partial charge on any atom is 0.253 e. The number of para-hydroxylation sites is 1. The molecule has 7 heteroatoms. The molecule has 0 aliphatic carbocycles. The molecule has 2 aromatic carbocycles. The van der Waals surface area contributed by atoms with Crippen molar-refractivity contribution in [2.45, 2.75) is 19.5 Å². The van der Waals surface area contributed by atoms with Crippen LogP contribution in [-0.2, 0) is 13.1 Å². The average Bonchev–Trinajstić information content (AvgIpc) is 3.06. The number of nitrogens with zero attached hydrogens (tertiary/aromatic N) is 1. The number of benzene rings is 2. The van der Waals surface area contributed by atoms with Crippen LogP contribution in [0.25, 0.3) is 10.9 Å². The number of amides is 1. The topological polar surface area (TPSA) is 43.3 Å². The van der Waals surface area contributed by atoms with E-state index in [2.05, 4.69) is 5.32 Å². The fraction of sp³-hybridized carbons (Fsp3) is 0.250. The Labute approximate surface area is 173 Å². The minimum absolute atomic E-state index is 0.163. The third kappa shape index (κ3) is 4.34. The van der Waals surface area contributed by atoms with Crippen LogP contribution in [0.3, 0.4) is 0 Å². The number of carbonyl (C=O) groups excluding carboxylic acids is 1. The lowest BCUT2D eigenvalue weighted by Gasteiger charge is -2.07. The summed E-state index contributed by atoms with van der Waals surface area (Å²) in [5.41, 5.74) is 2.37. The molecular formula is C20H19Cl3N2O2. The van der Waals surface area contributed by atoms with Gasteiger partial charge in [-0.3, -0.25) is 4.79 Å². The van der Waals surface area contributed by atoms with Crippen molar-refractivity contribution in [1.82, 2.24) is 9.88 Å². The van der Waals surface area contributed by atoms with E-state index in [-0.39, 0.29) is 5.91 Å². The van der Waals surface area contributed by atoms with Gasteiger partial charge in [-0.05, 0) is 30.2 Å². The largest absolute Gasteiger partial charge is 0.495 e. The van der Waals surface area contributed by atoms with Gasteiger partial charge in [0.1, 0.15) is 5.75 Å². The van der Waals surface area contributed by atoms with Gasteiger partial charge in [0.2, 0.25) is 0 Å². The third-order valence-corrected chi connectivity index (χ3v) is 5.30. The molecule has 27 heavy (non-hydrogen) atoms. The number of aromatic nitrogens is 1. The van der Waals surface area contributed by atoms with E-state index < -0.39 is 0 Å². The molecule has 0 aliphatic rings. The van der Waals surface area contributed by atoms with Crippen LogP contribution in [0.2, 0.25) is 10.0 Å². The molecule has 1 heterocycles. The van der Waals surface area contributed by atoms with Crippen molar-refractivity contribution < 1.29 is 9.53 Å². The van der Waals surface area contributed by atoms with Crippen LogP contribution in [0, 0.1) is 0 Å². The predicted octanol–water partition coefficient (Wildman–Crippen LogP) is 5.52. The number of ether oxygens (including phenoxy) is 1. The lowest BCUT2D eigenvalue weighted by molar-refractivity contribution is 0.0952. The van der Waals surface area contributed by atoms with E-state index in [1.807, 2.05) is 35.0 Å². The van der Waals surface area contributed by atoms with E-state index in [1.165, 1.54) is 0 Å². The Balaban J connectivity index is 1.88. The second-order valence-corrected chi connectivity index (χ2v) is 7.26. The van der Waals surface area contributed by atoms with E-state index in [1.54, 1.807) is 19.2 Å². The summed E-state index contributed by atoms with van der Waals surface area (Å²) in [6.45, 7) is 1.06. The van der Waals surface area contributed by atoms with Crippen molar-refractivity contribution in [2.24, 2.45) is 0 Å². The molecule has 0 radical (unpaired) electrons. The van der Waals surface area contributed by atoms with Crippen LogP contribution in [-0.4, -0.2) is 23.5 Å². The quantitative estimate of drug-likeness (QED) is 0.507. The highest BCUT2D eigenvalue weighted by Gasteiger charge is 2.17. The van der Waals surface area contributed by atoms with Gasteiger partial charge in [0.15, 0.2) is 0 Å². The van der Waals surface area contributed by atoms with Gasteiger partial charge < -0.3 is 14.6 Å². The summed E-state index contributed by atoms with van der Waals surface area (Å²) >= 11 is 17.8. The fourth-order valence-electron chi connectivity index (χ4n) is 3.01. The first-order chi connectivity index (χ1) is 13.0. The Bertz CT molecular complexity index is 969. The van der Waals surface area contributed by atoms with Crippen LogP contribution < -0.4 is 10.1 Å². The van der Waals surface area contributed by atoms with E-state index in [4.69, 9.17) is 39.5 Å². The zero-order valence-corrected chi connectivity index (χ0v) is 17.0. The van der Waals surface area contributed by atoms with Crippen LogP contribution >= 0.6 is 34.8 Å². The lowest BCUT2D eigenvalue weighted by atomic mass is 10.1. The Morgan fingerprint density at radius 3 is 2.70 bits per heavy atom. The van der Waals surface area contributed by atoms with Crippen molar-refractivity contribution >= 4 is 51.6 Å². The van der Waals surface area contributed by atoms with Gasteiger partial charge in [0.25, 0.3) is 5.91 Å². The lowest BCUT2D eigenvalue weighted by Crippen LogP contribution is -2.22. The van der Waals surface area contributed by atoms with E-state index in [0.717, 1.165) is 28.6 Å². The molecule has 4 nitrogen and oxygen atoms in total. The monoisotopic (exact) mass is 424 g/mol. The summed E-state index contributed by atoms with van der Waals surface area (Å²) in [5, 5.41) is 4.73. The van der Waals surface area contributed by atoms with Gasteiger partial charge in [-0.1, -0.05) is 41.4 Å². The number of rotatable bonds is 7. The van der Waals surface area contributed by atoms with Crippen molar-refractivity contribution in [2.75, 3.05) is 13.0 Å². The zero-order chi connectivity index (χ0) is 19.4. The molecule has 3 rings (SSSR count). The van der Waals surface area contributed by atoms with Gasteiger partial charge >= 0.3 is 0 Å². The Morgan fingerprint density at radius 1 is 1.19 bits per heavy atom. The predicted molar refractivity (Wildman–Crippen MR) is 111 cm³/mol. The normalized spacial score (nSPS) is 11.0. The molecule has 1 aromatic heterocycles. The van der Waals surface area contributed by atoms with Crippen LogP contribution in [0.1, 0.15) is 22.3 Å². The molecule has 0 saturated carbocycles. The maximum atomic E-state index is 12.8. The number of alkyl halides is 1. The summed E-state index contributed by atoms with van der Waals surface area (Å²) in [4.78, 5) is 12.8. The van der Waals surface area contributed by atoms with E-state index >= 15 is 0 Å². The minimum Gasteiger partial charge on any atom is -0.495 e. The summed E-state index contributed by atoms with van der Waals surface area (Å²) in [7, 11) is 1.62. The van der Waals surface area contributed by atoms with Crippen LogP contribution in [0.4, 0.5) is 0 Å². The molecule has 0 bridgehead atoms. The Hall–Kier alpha value is -1.88. The number of hydrogen-bond donors (Lipinski definition) is 1. The molecule has 1 N–H and O–H groups in total. The summed E-state index contributed by atoms with van der Waals surface area (Å²) in [6.07, 6.45) is 2.65. The number of fused-ring (bicyclic) bond motifs is 1. The maximum absolute atomic E-state index is 12.8. The molecular weight excluding hydrogens is 407 g/mol. The molecule has 0 spiro atoms. The highest BCUT2D eigenvalue weighted by atomic mass is 35.5. The Morgan fingerprint density at radius 2 is 2.00 bits per heavy atom. The minimum atomic E-state index is -0.163. The van der Waals surface area contributed by atoms with Gasteiger partial charge in [-0.2, -0.15) is 0 Å². The van der Waals surface area contributed by atoms with Crippen molar-refractivity contribution in [3.05, 3.63) is 63.8 Å². The molecule has 0 atom stereocenters. The fourth-order valence-corrected chi connectivity index (χ4v) is 3.45. The van der Waals surface area contributed by atoms with E-state index in [9.17, 15) is 4.79 Å². The number of nitrogens with one attached hydrogen (secondary N) is 1. The van der Waals surface area contributed by atoms with Crippen LogP contribution in [0.15, 0.2) is 42.6 Å². The SMILES string of the molecule is COc1cccc2c(C(=O)NCc3ccc(Cl)c(Cl)c3)cn(CCCCl)c12. The molecule has 1 amide bonds. The first-order valence-electron chi connectivity index (χ1n) is 8.49. The third-order valence-electron chi connectivity index (χ3n) is 4.30. The smallest absolute Gasteiger partial charge is 0.253 e. The van der Waals surface area contributed by atoms with Gasteiger partial charge in [0, 0.05) is 30.6 Å². The number of aryl methyl sites for hydroxylation is 1.